The van der Waals surface area contributed by atoms with Crippen molar-refractivity contribution >= 4 is 11.7 Å². The lowest BCUT2D eigenvalue weighted by Crippen LogP contribution is -2.39. The van der Waals surface area contributed by atoms with E-state index in [0.717, 1.165) is 24.2 Å². The average molecular weight is 205 g/mol. The van der Waals surface area contributed by atoms with E-state index in [4.69, 9.17) is 5.73 Å². The fraction of sp³-hybridized carbons (Fsp3) is 0.364. The third kappa shape index (κ3) is 2.10. The standard InChI is InChI=1S/C11H15N3O/c12-6-3-7-14-8-9-4-1-2-5-10(9)13-11(14)15/h1-2,4-5H,3,6-8,12H2,(H,13,15). The molecule has 1 aromatic rings. The van der Waals surface area contributed by atoms with E-state index in [0.29, 0.717) is 13.1 Å². The first-order valence-electron chi connectivity index (χ1n) is 5.15. The molecule has 0 saturated heterocycles. The van der Waals surface area contributed by atoms with Crippen LogP contribution in [0.1, 0.15) is 12.0 Å². The Morgan fingerprint density at radius 3 is 3.00 bits per heavy atom. The van der Waals surface area contributed by atoms with Crippen molar-refractivity contribution in [2.45, 2.75) is 13.0 Å². The second kappa shape index (κ2) is 4.31. The second-order valence-electron chi connectivity index (χ2n) is 3.65. The van der Waals surface area contributed by atoms with Crippen LogP contribution < -0.4 is 11.1 Å². The summed E-state index contributed by atoms with van der Waals surface area (Å²) in [5.74, 6) is 0. The van der Waals surface area contributed by atoms with E-state index in [2.05, 4.69) is 5.32 Å². The van der Waals surface area contributed by atoms with Gasteiger partial charge in [0.25, 0.3) is 0 Å². The first-order valence-corrected chi connectivity index (χ1v) is 5.15. The zero-order chi connectivity index (χ0) is 10.7. The zero-order valence-corrected chi connectivity index (χ0v) is 8.57. The van der Waals surface area contributed by atoms with Gasteiger partial charge in [-0.05, 0) is 24.6 Å². The molecule has 1 aromatic carbocycles. The molecule has 0 unspecified atom stereocenters. The summed E-state index contributed by atoms with van der Waals surface area (Å²) in [6.45, 7) is 2.02. The van der Waals surface area contributed by atoms with Gasteiger partial charge in [0.1, 0.15) is 0 Å². The highest BCUT2D eigenvalue weighted by molar-refractivity contribution is 5.92. The Morgan fingerprint density at radius 1 is 1.40 bits per heavy atom. The van der Waals surface area contributed by atoms with Gasteiger partial charge in [-0.2, -0.15) is 0 Å². The Kier molecular flexibility index (Phi) is 2.87. The number of para-hydroxylation sites is 1. The molecule has 15 heavy (non-hydrogen) atoms. The topological polar surface area (TPSA) is 58.4 Å². The predicted octanol–water partition coefficient (Wildman–Crippen LogP) is 1.38. The Labute approximate surface area is 89.1 Å². The number of urea groups is 1. The summed E-state index contributed by atoms with van der Waals surface area (Å²) in [6.07, 6.45) is 0.843. The summed E-state index contributed by atoms with van der Waals surface area (Å²) >= 11 is 0. The van der Waals surface area contributed by atoms with Crippen molar-refractivity contribution in [2.75, 3.05) is 18.4 Å². The minimum absolute atomic E-state index is 0.0258. The van der Waals surface area contributed by atoms with E-state index in [-0.39, 0.29) is 6.03 Å². The van der Waals surface area contributed by atoms with Crippen LogP contribution in [-0.4, -0.2) is 24.0 Å². The number of nitrogens with one attached hydrogen (secondary N) is 1. The van der Waals surface area contributed by atoms with Gasteiger partial charge in [0.05, 0.1) is 0 Å². The highest BCUT2D eigenvalue weighted by Gasteiger charge is 2.20. The molecule has 2 rings (SSSR count). The molecule has 3 N–H and O–H groups in total. The molecule has 80 valence electrons. The van der Waals surface area contributed by atoms with Crippen molar-refractivity contribution < 1.29 is 4.79 Å². The van der Waals surface area contributed by atoms with Crippen LogP contribution in [0.3, 0.4) is 0 Å². The lowest BCUT2D eigenvalue weighted by molar-refractivity contribution is 0.206. The number of rotatable bonds is 3. The molecule has 0 atom stereocenters. The fourth-order valence-electron chi connectivity index (χ4n) is 1.71. The van der Waals surface area contributed by atoms with Gasteiger partial charge in [0.15, 0.2) is 0 Å². The molecular weight excluding hydrogens is 190 g/mol. The molecule has 1 aliphatic heterocycles. The van der Waals surface area contributed by atoms with Gasteiger partial charge in [-0.3, -0.25) is 0 Å². The van der Waals surface area contributed by atoms with Crippen molar-refractivity contribution in [1.82, 2.24) is 4.90 Å². The number of carbonyl (C=O) groups excluding carboxylic acids is 1. The fourth-order valence-corrected chi connectivity index (χ4v) is 1.71. The van der Waals surface area contributed by atoms with Gasteiger partial charge >= 0.3 is 6.03 Å². The van der Waals surface area contributed by atoms with Gasteiger partial charge in [-0.15, -0.1) is 0 Å². The molecule has 0 saturated carbocycles. The van der Waals surface area contributed by atoms with Crippen LogP contribution >= 0.6 is 0 Å². The van der Waals surface area contributed by atoms with Gasteiger partial charge in [-0.1, -0.05) is 18.2 Å². The van der Waals surface area contributed by atoms with E-state index in [1.54, 1.807) is 4.90 Å². The van der Waals surface area contributed by atoms with Gasteiger partial charge in [0, 0.05) is 18.8 Å². The maximum absolute atomic E-state index is 11.6. The van der Waals surface area contributed by atoms with Crippen molar-refractivity contribution in [3.63, 3.8) is 0 Å². The van der Waals surface area contributed by atoms with Crippen molar-refractivity contribution in [3.8, 4) is 0 Å². The lowest BCUT2D eigenvalue weighted by Gasteiger charge is -2.29. The average Bonchev–Trinajstić information content (AvgIpc) is 2.26. The molecule has 0 spiro atoms. The van der Waals surface area contributed by atoms with E-state index >= 15 is 0 Å². The summed E-state index contributed by atoms with van der Waals surface area (Å²) in [4.78, 5) is 13.4. The predicted molar refractivity (Wildman–Crippen MR) is 59.5 cm³/mol. The number of amides is 2. The third-order valence-corrected chi connectivity index (χ3v) is 2.54. The number of hydrogen-bond donors (Lipinski definition) is 2. The number of nitrogens with two attached hydrogens (primary N) is 1. The summed E-state index contributed by atoms with van der Waals surface area (Å²) in [7, 11) is 0. The van der Waals surface area contributed by atoms with E-state index in [1.165, 1.54) is 0 Å². The first-order chi connectivity index (χ1) is 7.31. The highest BCUT2D eigenvalue weighted by Crippen LogP contribution is 2.22. The molecule has 0 radical (unpaired) electrons. The van der Waals surface area contributed by atoms with Crippen LogP contribution in [0.15, 0.2) is 24.3 Å². The number of anilines is 1. The normalized spacial score (nSPS) is 14.7. The van der Waals surface area contributed by atoms with Crippen LogP contribution in [0.5, 0.6) is 0 Å². The SMILES string of the molecule is NCCCN1Cc2ccccc2NC1=O. The number of carbonyl (C=O) groups is 1. The Morgan fingerprint density at radius 2 is 2.20 bits per heavy atom. The first kappa shape index (κ1) is 9.98. The number of nitrogens with zero attached hydrogens (tertiary/aromatic N) is 1. The molecule has 0 fully saturated rings. The molecule has 0 aliphatic carbocycles. The smallest absolute Gasteiger partial charge is 0.322 e. The monoisotopic (exact) mass is 205 g/mol. The summed E-state index contributed by atoms with van der Waals surface area (Å²) < 4.78 is 0. The molecule has 0 aromatic heterocycles. The van der Waals surface area contributed by atoms with Crippen LogP contribution in [-0.2, 0) is 6.54 Å². The molecule has 0 bridgehead atoms. The minimum Gasteiger partial charge on any atom is -0.330 e. The van der Waals surface area contributed by atoms with Crippen LogP contribution in [0.2, 0.25) is 0 Å². The summed E-state index contributed by atoms with van der Waals surface area (Å²) in [5.41, 5.74) is 7.51. The Hall–Kier alpha value is -1.55. The third-order valence-electron chi connectivity index (χ3n) is 2.54. The van der Waals surface area contributed by atoms with Gasteiger partial charge in [0.2, 0.25) is 0 Å². The molecule has 4 nitrogen and oxygen atoms in total. The largest absolute Gasteiger partial charge is 0.330 e. The van der Waals surface area contributed by atoms with Crippen LogP contribution in [0.25, 0.3) is 0 Å². The zero-order valence-electron chi connectivity index (χ0n) is 8.57. The number of fused-ring (bicyclic) bond motifs is 1. The second-order valence-corrected chi connectivity index (χ2v) is 3.65. The van der Waals surface area contributed by atoms with E-state index in [9.17, 15) is 4.79 Å². The molecule has 1 aliphatic rings. The van der Waals surface area contributed by atoms with E-state index < -0.39 is 0 Å². The van der Waals surface area contributed by atoms with Gasteiger partial charge in [-0.25, -0.2) is 4.79 Å². The minimum atomic E-state index is -0.0258. The van der Waals surface area contributed by atoms with Crippen molar-refractivity contribution in [3.05, 3.63) is 29.8 Å². The quantitative estimate of drug-likeness (QED) is 0.783. The van der Waals surface area contributed by atoms with E-state index in [1.807, 2.05) is 24.3 Å². The van der Waals surface area contributed by atoms with Crippen LogP contribution in [0, 0.1) is 0 Å². The molecule has 1 heterocycles. The summed E-state index contributed by atoms with van der Waals surface area (Å²) in [5, 5.41) is 2.87. The number of benzene rings is 1. The number of hydrogen-bond acceptors (Lipinski definition) is 2. The molecular formula is C11H15N3O. The molecule has 4 heteroatoms. The molecule has 2 amide bonds. The van der Waals surface area contributed by atoms with Crippen molar-refractivity contribution in [1.29, 1.82) is 0 Å². The Bertz CT molecular complexity index is 365. The van der Waals surface area contributed by atoms with Crippen molar-refractivity contribution in [2.24, 2.45) is 5.73 Å². The maximum Gasteiger partial charge on any atom is 0.322 e. The lowest BCUT2D eigenvalue weighted by atomic mass is 10.1. The van der Waals surface area contributed by atoms with Crippen LogP contribution in [0.4, 0.5) is 10.5 Å². The summed E-state index contributed by atoms with van der Waals surface area (Å²) in [6, 6.07) is 7.84. The highest BCUT2D eigenvalue weighted by atomic mass is 16.2. The maximum atomic E-state index is 11.6. The Balaban J connectivity index is 2.11. The van der Waals surface area contributed by atoms with Gasteiger partial charge < -0.3 is 16.0 Å².